The lowest BCUT2D eigenvalue weighted by molar-refractivity contribution is -0.127. The zero-order chi connectivity index (χ0) is 21.8. The number of carbonyl (C=O) groups excluding carboxylic acids is 1. The summed E-state index contributed by atoms with van der Waals surface area (Å²) in [4.78, 5) is 14.2. The van der Waals surface area contributed by atoms with Crippen molar-refractivity contribution in [3.05, 3.63) is 64.2 Å². The normalized spacial score (nSPS) is 18.8. The van der Waals surface area contributed by atoms with Gasteiger partial charge in [-0.3, -0.25) is 4.79 Å². The molecule has 1 fully saturated rings. The van der Waals surface area contributed by atoms with E-state index in [2.05, 4.69) is 0 Å². The van der Waals surface area contributed by atoms with Crippen LogP contribution in [0.5, 0.6) is 11.5 Å². The minimum absolute atomic E-state index is 0.0974. The summed E-state index contributed by atoms with van der Waals surface area (Å²) in [6, 6.07) is 6.27. The molecular weight excluding hydrogens is 416 g/mol. The van der Waals surface area contributed by atoms with E-state index in [1.54, 1.807) is 18.2 Å². The summed E-state index contributed by atoms with van der Waals surface area (Å²) in [5, 5.41) is 10.4. The maximum absolute atomic E-state index is 13.6. The Hall–Kier alpha value is -2.64. The molecule has 8 heteroatoms. The number of rotatable bonds is 6. The molecular formula is C22H22ClF2NO4. The second kappa shape index (κ2) is 9.45. The molecule has 1 aliphatic rings. The van der Waals surface area contributed by atoms with Gasteiger partial charge in [-0.15, -0.1) is 0 Å². The molecule has 0 aromatic heterocycles. The zero-order valence-corrected chi connectivity index (χ0v) is 17.3. The molecule has 0 saturated carbocycles. The number of aliphatic hydroxyl groups excluding tert-OH is 1. The summed E-state index contributed by atoms with van der Waals surface area (Å²) in [7, 11) is 1.49. The number of carbonyl (C=O) groups is 1. The SMILES string of the molecule is CCOc1c(Cl)cc(C=CC(=O)N2CC(O)CC2c2ccc(F)c(F)c2)cc1OC. The van der Waals surface area contributed by atoms with Crippen molar-refractivity contribution < 1.29 is 28.2 Å². The predicted octanol–water partition coefficient (Wildman–Crippen LogP) is 4.37. The van der Waals surface area contributed by atoms with E-state index in [-0.39, 0.29) is 18.9 Å². The average Bonchev–Trinajstić information content (AvgIpc) is 3.11. The fourth-order valence-corrected chi connectivity index (χ4v) is 3.75. The number of hydrogen-bond donors (Lipinski definition) is 1. The molecule has 1 N–H and O–H groups in total. The van der Waals surface area contributed by atoms with Crippen LogP contribution in [-0.2, 0) is 4.79 Å². The third-order valence-corrected chi connectivity index (χ3v) is 5.13. The molecule has 2 unspecified atom stereocenters. The number of ether oxygens (including phenoxy) is 2. The maximum Gasteiger partial charge on any atom is 0.247 e. The van der Waals surface area contributed by atoms with Gasteiger partial charge in [0.05, 0.1) is 30.9 Å². The summed E-state index contributed by atoms with van der Waals surface area (Å²) in [6.07, 6.45) is 2.41. The lowest BCUT2D eigenvalue weighted by Gasteiger charge is -2.23. The number of hydrogen-bond acceptors (Lipinski definition) is 4. The highest BCUT2D eigenvalue weighted by atomic mass is 35.5. The summed E-state index contributed by atoms with van der Waals surface area (Å²) in [5.74, 6) is -1.46. The van der Waals surface area contributed by atoms with Crippen LogP contribution in [0.4, 0.5) is 8.78 Å². The van der Waals surface area contributed by atoms with Crippen LogP contribution >= 0.6 is 11.6 Å². The second-order valence-electron chi connectivity index (χ2n) is 6.87. The Bertz CT molecular complexity index is 966. The first-order chi connectivity index (χ1) is 14.3. The lowest BCUT2D eigenvalue weighted by atomic mass is 10.0. The van der Waals surface area contributed by atoms with Crippen LogP contribution in [0.25, 0.3) is 6.08 Å². The molecule has 1 aliphatic heterocycles. The van der Waals surface area contributed by atoms with Gasteiger partial charge in [-0.1, -0.05) is 17.7 Å². The van der Waals surface area contributed by atoms with Gasteiger partial charge in [0.15, 0.2) is 23.1 Å². The number of halogens is 3. The second-order valence-corrected chi connectivity index (χ2v) is 7.28. The van der Waals surface area contributed by atoms with Crippen LogP contribution in [-0.4, -0.2) is 42.3 Å². The quantitative estimate of drug-likeness (QED) is 0.682. The molecule has 0 radical (unpaired) electrons. The van der Waals surface area contributed by atoms with Gasteiger partial charge in [-0.2, -0.15) is 0 Å². The van der Waals surface area contributed by atoms with Crippen LogP contribution in [0, 0.1) is 11.6 Å². The topological polar surface area (TPSA) is 59.0 Å². The number of aliphatic hydroxyl groups is 1. The molecule has 0 aliphatic carbocycles. The summed E-state index contributed by atoms with van der Waals surface area (Å²) in [6.45, 7) is 2.35. The van der Waals surface area contributed by atoms with Crippen LogP contribution in [0.3, 0.4) is 0 Å². The summed E-state index contributed by atoms with van der Waals surface area (Å²) in [5.41, 5.74) is 1.05. The Morgan fingerprint density at radius 2 is 2.07 bits per heavy atom. The highest BCUT2D eigenvalue weighted by Crippen LogP contribution is 2.37. The molecule has 1 heterocycles. The maximum atomic E-state index is 13.6. The van der Waals surface area contributed by atoms with Crippen molar-refractivity contribution in [2.24, 2.45) is 0 Å². The van der Waals surface area contributed by atoms with Gasteiger partial charge in [0.1, 0.15) is 0 Å². The number of amides is 1. The molecule has 3 rings (SSSR count). The van der Waals surface area contributed by atoms with Crippen LogP contribution < -0.4 is 9.47 Å². The Labute approximate surface area is 178 Å². The van der Waals surface area contributed by atoms with Crippen LogP contribution in [0.1, 0.15) is 30.5 Å². The van der Waals surface area contributed by atoms with Crippen LogP contribution in [0.2, 0.25) is 5.02 Å². The van der Waals surface area contributed by atoms with Crippen molar-refractivity contribution >= 4 is 23.6 Å². The van der Waals surface area contributed by atoms with Gasteiger partial charge in [0.25, 0.3) is 0 Å². The zero-order valence-electron chi connectivity index (χ0n) is 16.6. The van der Waals surface area contributed by atoms with E-state index in [1.807, 2.05) is 6.92 Å². The van der Waals surface area contributed by atoms with E-state index < -0.39 is 23.8 Å². The number of nitrogens with zero attached hydrogens (tertiary/aromatic N) is 1. The van der Waals surface area contributed by atoms with E-state index >= 15 is 0 Å². The molecule has 160 valence electrons. The molecule has 1 amide bonds. The monoisotopic (exact) mass is 437 g/mol. The van der Waals surface area contributed by atoms with Gasteiger partial charge < -0.3 is 19.5 Å². The van der Waals surface area contributed by atoms with E-state index in [0.29, 0.717) is 34.3 Å². The van der Waals surface area contributed by atoms with Crippen molar-refractivity contribution in [2.45, 2.75) is 25.5 Å². The van der Waals surface area contributed by atoms with Crippen molar-refractivity contribution in [3.63, 3.8) is 0 Å². The first-order valence-corrected chi connectivity index (χ1v) is 9.83. The van der Waals surface area contributed by atoms with Crippen molar-refractivity contribution in [2.75, 3.05) is 20.3 Å². The molecule has 2 aromatic rings. The van der Waals surface area contributed by atoms with Gasteiger partial charge in [-0.05, 0) is 54.8 Å². The van der Waals surface area contributed by atoms with E-state index in [4.69, 9.17) is 21.1 Å². The first-order valence-electron chi connectivity index (χ1n) is 9.46. The van der Waals surface area contributed by atoms with Crippen molar-refractivity contribution in [1.82, 2.24) is 4.90 Å². The van der Waals surface area contributed by atoms with E-state index in [0.717, 1.165) is 12.1 Å². The fourth-order valence-electron chi connectivity index (χ4n) is 3.48. The Morgan fingerprint density at radius 3 is 2.73 bits per heavy atom. The highest BCUT2D eigenvalue weighted by molar-refractivity contribution is 6.32. The number of likely N-dealkylation sites (tertiary alicyclic amines) is 1. The lowest BCUT2D eigenvalue weighted by Crippen LogP contribution is -2.30. The summed E-state index contributed by atoms with van der Waals surface area (Å²) >= 11 is 6.25. The summed E-state index contributed by atoms with van der Waals surface area (Å²) < 4.78 is 37.7. The van der Waals surface area contributed by atoms with Crippen molar-refractivity contribution in [1.29, 1.82) is 0 Å². The minimum Gasteiger partial charge on any atom is -0.493 e. The number of benzene rings is 2. The first kappa shape index (κ1) is 22.1. The Balaban J connectivity index is 1.82. The molecule has 2 atom stereocenters. The van der Waals surface area contributed by atoms with E-state index in [9.17, 15) is 18.7 Å². The minimum atomic E-state index is -0.993. The van der Waals surface area contributed by atoms with E-state index in [1.165, 1.54) is 24.2 Å². The largest absolute Gasteiger partial charge is 0.493 e. The Kier molecular flexibility index (Phi) is 6.95. The van der Waals surface area contributed by atoms with Gasteiger partial charge >= 0.3 is 0 Å². The van der Waals surface area contributed by atoms with Crippen molar-refractivity contribution in [3.8, 4) is 11.5 Å². The molecule has 2 aromatic carbocycles. The smallest absolute Gasteiger partial charge is 0.247 e. The molecule has 30 heavy (non-hydrogen) atoms. The highest BCUT2D eigenvalue weighted by Gasteiger charge is 2.34. The number of β-amino-alcohol motifs (C(OH)–C–C–N with tert-alkyl or cyclic N) is 1. The van der Waals surface area contributed by atoms with Gasteiger partial charge in [0.2, 0.25) is 5.91 Å². The van der Waals surface area contributed by atoms with Crippen LogP contribution in [0.15, 0.2) is 36.4 Å². The Morgan fingerprint density at radius 1 is 1.30 bits per heavy atom. The van der Waals surface area contributed by atoms with Gasteiger partial charge in [0, 0.05) is 12.6 Å². The fraction of sp³-hybridized carbons (Fsp3) is 0.318. The van der Waals surface area contributed by atoms with Gasteiger partial charge in [-0.25, -0.2) is 8.78 Å². The number of methoxy groups -OCH3 is 1. The molecule has 0 spiro atoms. The molecule has 0 bridgehead atoms. The standard InChI is InChI=1S/C22H22ClF2NO4/c1-3-30-22-16(23)8-13(9-20(22)29-2)4-7-21(28)26-12-15(27)11-19(26)14-5-6-17(24)18(25)10-14/h4-10,15,19,27H,3,11-12H2,1-2H3. The third-order valence-electron chi connectivity index (χ3n) is 4.85. The third kappa shape index (κ3) is 4.74. The average molecular weight is 438 g/mol. The molecule has 5 nitrogen and oxygen atoms in total. The molecule has 1 saturated heterocycles. The predicted molar refractivity (Wildman–Crippen MR) is 110 cm³/mol.